The minimum Gasteiger partial charge on any atom is -0.477 e. The Morgan fingerprint density at radius 1 is 1.29 bits per heavy atom. The molecule has 0 atom stereocenters. The van der Waals surface area contributed by atoms with E-state index in [9.17, 15) is 14.7 Å². The maximum absolute atomic E-state index is 15.2. The molecule has 1 aliphatic heterocycles. The SMILES string of the molecule is CO/N=C(\CN1CCN(c2cc3c(cc2F)c(=O)c(C(=O)O)cn3C2CC2)CC1)c1nccs1. The van der Waals surface area contributed by atoms with Crippen LogP contribution < -0.4 is 10.3 Å². The molecule has 0 radical (unpaired) electrons. The Bertz CT molecular complexity index is 1310. The number of aromatic nitrogens is 2. The molecule has 3 aromatic rings. The lowest BCUT2D eigenvalue weighted by molar-refractivity contribution is 0.0695. The number of carbonyl (C=O) groups is 1. The number of anilines is 1. The first-order chi connectivity index (χ1) is 16.5. The quantitative estimate of drug-likeness (QED) is 0.406. The van der Waals surface area contributed by atoms with Crippen molar-refractivity contribution in [3.05, 3.63) is 56.5 Å². The number of oxime groups is 1. The number of halogens is 1. The number of piperazine rings is 1. The fourth-order valence-corrected chi connectivity index (χ4v) is 4.99. The number of aromatic carboxylic acids is 1. The van der Waals surface area contributed by atoms with E-state index in [0.717, 1.165) is 23.6 Å². The third-order valence-electron chi connectivity index (χ3n) is 6.24. The molecule has 1 aliphatic carbocycles. The van der Waals surface area contributed by atoms with E-state index in [-0.39, 0.29) is 17.0 Å². The normalized spacial score (nSPS) is 17.4. The molecular weight excluding hydrogens is 461 g/mol. The number of pyridine rings is 1. The van der Waals surface area contributed by atoms with Crippen molar-refractivity contribution in [3.8, 4) is 0 Å². The van der Waals surface area contributed by atoms with Crippen LogP contribution in [0.25, 0.3) is 10.9 Å². The van der Waals surface area contributed by atoms with Gasteiger partial charge in [0.15, 0.2) is 0 Å². The Labute approximate surface area is 198 Å². The third-order valence-corrected chi connectivity index (χ3v) is 7.06. The molecule has 3 heterocycles. The molecule has 178 valence electrons. The number of carboxylic acid groups (broad SMARTS) is 1. The van der Waals surface area contributed by atoms with Gasteiger partial charge in [-0.3, -0.25) is 9.69 Å². The first-order valence-electron chi connectivity index (χ1n) is 11.0. The molecule has 2 aromatic heterocycles. The molecule has 34 heavy (non-hydrogen) atoms. The highest BCUT2D eigenvalue weighted by atomic mass is 32.1. The second-order valence-corrected chi connectivity index (χ2v) is 9.35. The molecule has 11 heteroatoms. The number of carboxylic acids is 1. The van der Waals surface area contributed by atoms with Crippen molar-refractivity contribution in [1.82, 2.24) is 14.5 Å². The van der Waals surface area contributed by atoms with Crippen molar-refractivity contribution < 1.29 is 19.1 Å². The fraction of sp³-hybridized carbons (Fsp3) is 0.391. The van der Waals surface area contributed by atoms with Crippen LogP contribution in [0.4, 0.5) is 10.1 Å². The Kier molecular flexibility index (Phi) is 6.05. The second-order valence-electron chi connectivity index (χ2n) is 8.46. The van der Waals surface area contributed by atoms with Gasteiger partial charge in [0.25, 0.3) is 0 Å². The van der Waals surface area contributed by atoms with Gasteiger partial charge in [0.1, 0.15) is 29.2 Å². The highest BCUT2D eigenvalue weighted by Crippen LogP contribution is 2.38. The van der Waals surface area contributed by atoms with Crippen LogP contribution in [0, 0.1) is 5.82 Å². The van der Waals surface area contributed by atoms with Crippen molar-refractivity contribution in [2.75, 3.05) is 44.7 Å². The third kappa shape index (κ3) is 4.28. The molecule has 0 bridgehead atoms. The first-order valence-corrected chi connectivity index (χ1v) is 11.9. The van der Waals surface area contributed by atoms with Crippen molar-refractivity contribution in [2.45, 2.75) is 18.9 Å². The van der Waals surface area contributed by atoms with E-state index in [1.165, 1.54) is 30.7 Å². The number of fused-ring (bicyclic) bond motifs is 1. The van der Waals surface area contributed by atoms with Gasteiger partial charge in [-0.1, -0.05) is 5.16 Å². The van der Waals surface area contributed by atoms with Gasteiger partial charge in [-0.15, -0.1) is 11.3 Å². The molecule has 2 aliphatic rings. The van der Waals surface area contributed by atoms with E-state index in [4.69, 9.17) is 4.84 Å². The average molecular weight is 486 g/mol. The van der Waals surface area contributed by atoms with Crippen LogP contribution in [0.2, 0.25) is 0 Å². The number of hydrogen-bond acceptors (Lipinski definition) is 8. The predicted octanol–water partition coefficient (Wildman–Crippen LogP) is 2.80. The summed E-state index contributed by atoms with van der Waals surface area (Å²) in [6.45, 7) is 3.16. The monoisotopic (exact) mass is 485 g/mol. The van der Waals surface area contributed by atoms with E-state index < -0.39 is 17.2 Å². The Balaban J connectivity index is 1.39. The van der Waals surface area contributed by atoms with Crippen LogP contribution in [-0.4, -0.2) is 71.1 Å². The van der Waals surface area contributed by atoms with Gasteiger partial charge in [-0.2, -0.15) is 0 Å². The molecule has 2 fully saturated rings. The van der Waals surface area contributed by atoms with Crippen LogP contribution in [0.5, 0.6) is 0 Å². The smallest absolute Gasteiger partial charge is 0.341 e. The first kappa shape index (κ1) is 22.5. The Hall–Kier alpha value is -3.31. The number of benzene rings is 1. The van der Waals surface area contributed by atoms with Crippen molar-refractivity contribution in [1.29, 1.82) is 0 Å². The standard InChI is InChI=1S/C23H24FN5O4S/c1-33-26-18(22-25-4-9-34-22)13-27-5-7-28(8-6-27)20-11-19-15(10-17(20)24)21(30)16(23(31)32)12-29(19)14-2-3-14/h4,9-12,14H,2-3,5-8,13H2,1H3,(H,31,32)/b26-18+. The molecule has 0 spiro atoms. The molecule has 1 aromatic carbocycles. The second kappa shape index (κ2) is 9.15. The molecular formula is C23H24FN5O4S. The fourth-order valence-electron chi connectivity index (χ4n) is 4.38. The van der Waals surface area contributed by atoms with Crippen molar-refractivity contribution >= 4 is 39.6 Å². The molecule has 1 saturated carbocycles. The van der Waals surface area contributed by atoms with Crippen LogP contribution in [-0.2, 0) is 4.84 Å². The van der Waals surface area contributed by atoms with E-state index >= 15 is 4.39 Å². The number of rotatable bonds is 7. The zero-order valence-electron chi connectivity index (χ0n) is 18.6. The lowest BCUT2D eigenvalue weighted by atomic mass is 10.1. The lowest BCUT2D eigenvalue weighted by Crippen LogP contribution is -2.48. The van der Waals surface area contributed by atoms with Crippen molar-refractivity contribution in [3.63, 3.8) is 0 Å². The van der Waals surface area contributed by atoms with Gasteiger partial charge in [0.2, 0.25) is 5.43 Å². The largest absolute Gasteiger partial charge is 0.477 e. The van der Waals surface area contributed by atoms with Gasteiger partial charge >= 0.3 is 5.97 Å². The summed E-state index contributed by atoms with van der Waals surface area (Å²) in [5.41, 5.74) is 0.783. The van der Waals surface area contributed by atoms with Gasteiger partial charge in [-0.25, -0.2) is 14.2 Å². The zero-order chi connectivity index (χ0) is 23.8. The summed E-state index contributed by atoms with van der Waals surface area (Å²) in [4.78, 5) is 37.7. The highest BCUT2D eigenvalue weighted by molar-refractivity contribution is 7.11. The summed E-state index contributed by atoms with van der Waals surface area (Å²) >= 11 is 1.50. The molecule has 1 N–H and O–H groups in total. The van der Waals surface area contributed by atoms with E-state index in [0.29, 0.717) is 43.9 Å². The number of hydrogen-bond donors (Lipinski definition) is 1. The summed E-state index contributed by atoms with van der Waals surface area (Å²) in [7, 11) is 1.51. The molecule has 1 saturated heterocycles. The van der Waals surface area contributed by atoms with Crippen LogP contribution in [0.15, 0.2) is 39.9 Å². The molecule has 0 amide bonds. The van der Waals surface area contributed by atoms with Crippen molar-refractivity contribution in [2.24, 2.45) is 5.16 Å². The average Bonchev–Trinajstić information content (AvgIpc) is 3.52. The zero-order valence-corrected chi connectivity index (χ0v) is 19.4. The van der Waals surface area contributed by atoms with E-state index in [1.54, 1.807) is 12.3 Å². The minimum absolute atomic E-state index is 0.107. The molecule has 5 rings (SSSR count). The number of thiazole rings is 1. The van der Waals surface area contributed by atoms with Crippen LogP contribution in [0.3, 0.4) is 0 Å². The number of nitrogens with zero attached hydrogens (tertiary/aromatic N) is 5. The van der Waals surface area contributed by atoms with Gasteiger partial charge in [0.05, 0.1) is 11.2 Å². The highest BCUT2D eigenvalue weighted by Gasteiger charge is 2.28. The Morgan fingerprint density at radius 3 is 2.68 bits per heavy atom. The summed E-state index contributed by atoms with van der Waals surface area (Å²) in [6, 6.07) is 3.02. The van der Waals surface area contributed by atoms with Crippen LogP contribution in [0.1, 0.15) is 34.2 Å². The molecule has 9 nitrogen and oxygen atoms in total. The van der Waals surface area contributed by atoms with E-state index in [2.05, 4.69) is 15.0 Å². The predicted molar refractivity (Wildman–Crippen MR) is 128 cm³/mol. The van der Waals surface area contributed by atoms with Gasteiger partial charge < -0.3 is 19.4 Å². The van der Waals surface area contributed by atoms with Crippen LogP contribution >= 0.6 is 11.3 Å². The summed E-state index contributed by atoms with van der Waals surface area (Å²) in [5.74, 6) is -1.82. The maximum Gasteiger partial charge on any atom is 0.341 e. The topological polar surface area (TPSA) is 100 Å². The summed E-state index contributed by atoms with van der Waals surface area (Å²) < 4.78 is 17.0. The van der Waals surface area contributed by atoms with Gasteiger partial charge in [-0.05, 0) is 25.0 Å². The lowest BCUT2D eigenvalue weighted by Gasteiger charge is -2.36. The minimum atomic E-state index is -1.30. The van der Waals surface area contributed by atoms with E-state index in [1.807, 2.05) is 14.8 Å². The summed E-state index contributed by atoms with van der Waals surface area (Å²) in [6.07, 6.45) is 4.95. The maximum atomic E-state index is 15.2. The molecule has 0 unspecified atom stereocenters. The Morgan fingerprint density at radius 2 is 2.06 bits per heavy atom. The summed E-state index contributed by atoms with van der Waals surface area (Å²) in [5, 5.41) is 16.3. The van der Waals surface area contributed by atoms with Gasteiger partial charge in [0, 0.05) is 61.9 Å².